The van der Waals surface area contributed by atoms with Gasteiger partial charge in [-0.15, -0.1) is 0 Å². The van der Waals surface area contributed by atoms with Crippen LogP contribution in [0.4, 0.5) is 4.39 Å². The molecule has 0 saturated carbocycles. The predicted octanol–water partition coefficient (Wildman–Crippen LogP) is -0.248. The fourth-order valence-corrected chi connectivity index (χ4v) is 2.05. The molecule has 0 aromatic carbocycles. The summed E-state index contributed by atoms with van der Waals surface area (Å²) >= 11 is 0. The summed E-state index contributed by atoms with van der Waals surface area (Å²) < 4.78 is 20.3. The van der Waals surface area contributed by atoms with E-state index in [4.69, 9.17) is 15.4 Å². The summed E-state index contributed by atoms with van der Waals surface area (Å²) in [6.45, 7) is 0.892. The largest absolute Gasteiger partial charge is 0.394 e. The van der Waals surface area contributed by atoms with E-state index in [2.05, 4.69) is 10.0 Å². The van der Waals surface area contributed by atoms with Crippen molar-refractivity contribution < 1.29 is 14.2 Å². The fourth-order valence-electron chi connectivity index (χ4n) is 2.05. The highest BCUT2D eigenvalue weighted by Gasteiger charge is 2.45. The minimum atomic E-state index is -1.81. The van der Waals surface area contributed by atoms with Gasteiger partial charge in [-0.1, -0.05) is 5.11 Å². The lowest BCUT2D eigenvalue weighted by atomic mass is 10.1. The van der Waals surface area contributed by atoms with Gasteiger partial charge in [0.05, 0.1) is 12.7 Å². The summed E-state index contributed by atoms with van der Waals surface area (Å²) in [5.74, 6) is 0. The van der Waals surface area contributed by atoms with E-state index in [9.17, 15) is 14.0 Å². The van der Waals surface area contributed by atoms with Crippen LogP contribution < -0.4 is 11.2 Å². The molecule has 1 aliphatic heterocycles. The van der Waals surface area contributed by atoms with E-state index in [0.717, 1.165) is 10.8 Å². The van der Waals surface area contributed by atoms with E-state index in [-0.39, 0.29) is 5.56 Å². The molecule has 4 unspecified atom stereocenters. The van der Waals surface area contributed by atoms with Crippen LogP contribution in [0, 0.1) is 6.92 Å². The number of aromatic amines is 1. The second kappa shape index (κ2) is 5.45. The van der Waals surface area contributed by atoms with Gasteiger partial charge in [-0.05, 0) is 12.5 Å². The number of aromatic nitrogens is 2. The van der Waals surface area contributed by atoms with Crippen molar-refractivity contribution in [2.45, 2.75) is 31.5 Å². The van der Waals surface area contributed by atoms with E-state index in [1.807, 2.05) is 4.98 Å². The molecule has 0 bridgehead atoms. The Morgan fingerprint density at radius 1 is 1.65 bits per heavy atom. The first-order valence-electron chi connectivity index (χ1n) is 5.76. The third-order valence-electron chi connectivity index (χ3n) is 3.08. The molecule has 1 fully saturated rings. The third kappa shape index (κ3) is 2.31. The van der Waals surface area contributed by atoms with Crippen LogP contribution in [0.5, 0.6) is 0 Å². The van der Waals surface area contributed by atoms with E-state index >= 15 is 0 Å². The molecule has 0 amide bonds. The van der Waals surface area contributed by atoms with Crippen molar-refractivity contribution in [2.24, 2.45) is 5.11 Å². The number of alkyl halides is 1. The Hall–Kier alpha value is -2.16. The molecule has 0 spiro atoms. The number of aliphatic hydroxyl groups excluding tert-OH is 1. The van der Waals surface area contributed by atoms with Gasteiger partial charge in [-0.2, -0.15) is 0 Å². The van der Waals surface area contributed by atoms with Gasteiger partial charge in [-0.25, -0.2) is 9.18 Å². The SMILES string of the molecule is Cc1cn(C2OC(CO)C(N=[N+]=[N-])C2F)c(=O)[nH]c1=O. The topological polar surface area (TPSA) is 133 Å². The van der Waals surface area contributed by atoms with Gasteiger partial charge in [0.15, 0.2) is 12.4 Å². The normalized spacial score (nSPS) is 29.1. The minimum absolute atomic E-state index is 0.202. The van der Waals surface area contributed by atoms with Crippen molar-refractivity contribution in [3.8, 4) is 0 Å². The Morgan fingerprint density at radius 3 is 2.95 bits per heavy atom. The molecule has 2 N–H and O–H groups in total. The first-order valence-corrected chi connectivity index (χ1v) is 5.76. The number of H-pyrrole nitrogens is 1. The van der Waals surface area contributed by atoms with Gasteiger partial charge >= 0.3 is 5.69 Å². The second-order valence-corrected chi connectivity index (χ2v) is 4.37. The number of nitrogens with zero attached hydrogens (tertiary/aromatic N) is 4. The zero-order valence-electron chi connectivity index (χ0n) is 10.4. The number of azide groups is 1. The molecule has 1 aromatic rings. The summed E-state index contributed by atoms with van der Waals surface area (Å²) in [6.07, 6.45) is -3.08. The third-order valence-corrected chi connectivity index (χ3v) is 3.08. The van der Waals surface area contributed by atoms with Crippen molar-refractivity contribution in [3.63, 3.8) is 0 Å². The molecule has 1 saturated heterocycles. The summed E-state index contributed by atoms with van der Waals surface area (Å²) in [7, 11) is 0. The second-order valence-electron chi connectivity index (χ2n) is 4.37. The standard InChI is InChI=1S/C10H12FN5O4/c1-4-2-16(10(19)13-8(4)18)9-6(11)7(14-15-12)5(3-17)20-9/h2,5-7,9,17H,3H2,1H3,(H,13,18,19). The summed E-state index contributed by atoms with van der Waals surface area (Å²) in [5.41, 5.74) is 7.17. The average Bonchev–Trinajstić information content (AvgIpc) is 2.72. The first kappa shape index (κ1) is 14.3. The van der Waals surface area contributed by atoms with Crippen LogP contribution >= 0.6 is 0 Å². The molecule has 9 nitrogen and oxygen atoms in total. The molecular formula is C10H12FN5O4. The molecule has 1 aromatic heterocycles. The molecule has 108 valence electrons. The Balaban J connectivity index is 2.44. The van der Waals surface area contributed by atoms with Crippen molar-refractivity contribution in [1.29, 1.82) is 0 Å². The molecule has 2 heterocycles. The molecule has 0 radical (unpaired) electrons. The van der Waals surface area contributed by atoms with Crippen molar-refractivity contribution in [1.82, 2.24) is 9.55 Å². The molecule has 20 heavy (non-hydrogen) atoms. The lowest BCUT2D eigenvalue weighted by molar-refractivity contribution is -0.0403. The van der Waals surface area contributed by atoms with Crippen LogP contribution in [-0.4, -0.2) is 39.6 Å². The van der Waals surface area contributed by atoms with E-state index in [1.54, 1.807) is 0 Å². The van der Waals surface area contributed by atoms with E-state index in [0.29, 0.717) is 0 Å². The Bertz CT molecular complexity index is 664. The molecule has 2 rings (SSSR count). The van der Waals surface area contributed by atoms with Crippen LogP contribution in [0.3, 0.4) is 0 Å². The molecule has 10 heteroatoms. The van der Waals surface area contributed by atoms with Crippen LogP contribution in [0.1, 0.15) is 11.8 Å². The first-order chi connectivity index (χ1) is 9.49. The van der Waals surface area contributed by atoms with Gasteiger partial charge in [0.1, 0.15) is 6.04 Å². The maximum atomic E-state index is 14.2. The number of hydrogen-bond acceptors (Lipinski definition) is 5. The highest BCUT2D eigenvalue weighted by atomic mass is 19.1. The maximum Gasteiger partial charge on any atom is 0.330 e. The van der Waals surface area contributed by atoms with Crippen molar-refractivity contribution in [2.75, 3.05) is 6.61 Å². The Kier molecular flexibility index (Phi) is 3.89. The maximum absolute atomic E-state index is 14.2. The highest BCUT2D eigenvalue weighted by molar-refractivity contribution is 5.04. The molecule has 0 aliphatic carbocycles. The zero-order valence-corrected chi connectivity index (χ0v) is 10.4. The molecular weight excluding hydrogens is 273 g/mol. The molecule has 1 aliphatic rings. The van der Waals surface area contributed by atoms with Gasteiger partial charge < -0.3 is 9.84 Å². The average molecular weight is 285 g/mol. The molecule has 4 atom stereocenters. The summed E-state index contributed by atoms with van der Waals surface area (Å²) in [4.78, 5) is 27.5. The number of halogens is 1. The van der Waals surface area contributed by atoms with Crippen LogP contribution in [-0.2, 0) is 4.74 Å². The number of hydrogen-bond donors (Lipinski definition) is 2. The summed E-state index contributed by atoms with van der Waals surface area (Å²) in [6, 6.07) is -1.24. The van der Waals surface area contributed by atoms with Crippen LogP contribution in [0.15, 0.2) is 20.9 Å². The highest BCUT2D eigenvalue weighted by Crippen LogP contribution is 2.32. The zero-order chi connectivity index (χ0) is 14.9. The number of rotatable bonds is 3. The lowest BCUT2D eigenvalue weighted by Gasteiger charge is -2.16. The van der Waals surface area contributed by atoms with Gasteiger partial charge in [0, 0.05) is 16.7 Å². The van der Waals surface area contributed by atoms with Gasteiger partial charge in [0.2, 0.25) is 0 Å². The smallest absolute Gasteiger partial charge is 0.330 e. The summed E-state index contributed by atoms with van der Waals surface area (Å²) in [5, 5.41) is 12.3. The Morgan fingerprint density at radius 2 is 2.35 bits per heavy atom. The van der Waals surface area contributed by atoms with E-state index in [1.165, 1.54) is 6.92 Å². The fraction of sp³-hybridized carbons (Fsp3) is 0.600. The predicted molar refractivity (Wildman–Crippen MR) is 64.9 cm³/mol. The Labute approximate surface area is 111 Å². The quantitative estimate of drug-likeness (QED) is 0.450. The number of nitrogens with one attached hydrogen (secondary N) is 1. The van der Waals surface area contributed by atoms with Gasteiger partial charge in [-0.3, -0.25) is 14.3 Å². The van der Waals surface area contributed by atoms with Crippen LogP contribution in [0.25, 0.3) is 10.4 Å². The lowest BCUT2D eigenvalue weighted by Crippen LogP contribution is -2.36. The monoisotopic (exact) mass is 285 g/mol. The minimum Gasteiger partial charge on any atom is -0.394 e. The van der Waals surface area contributed by atoms with Crippen molar-refractivity contribution >= 4 is 0 Å². The number of aryl methyl sites for hydroxylation is 1. The van der Waals surface area contributed by atoms with E-state index < -0.39 is 42.4 Å². The van der Waals surface area contributed by atoms with Crippen molar-refractivity contribution in [3.05, 3.63) is 43.0 Å². The number of aliphatic hydroxyl groups is 1. The number of ether oxygens (including phenoxy) is 1. The van der Waals surface area contributed by atoms with Gasteiger partial charge in [0.25, 0.3) is 5.56 Å². The van der Waals surface area contributed by atoms with Crippen LogP contribution in [0.2, 0.25) is 0 Å².